The summed E-state index contributed by atoms with van der Waals surface area (Å²) >= 11 is 0. The third kappa shape index (κ3) is 3.63. The number of aliphatic hydroxyl groups is 1. The fraction of sp³-hybridized carbons (Fsp3) is 1.00. The second kappa shape index (κ2) is 6.35. The Morgan fingerprint density at radius 2 is 1.92 bits per heavy atom. The second-order valence-corrected chi connectivity index (χ2v) is 3.84. The first-order valence-corrected chi connectivity index (χ1v) is 5.43. The van der Waals surface area contributed by atoms with Crippen LogP contribution in [-0.2, 0) is 0 Å². The fourth-order valence-electron chi connectivity index (χ4n) is 2.17. The molecule has 1 aliphatic carbocycles. The highest BCUT2D eigenvalue weighted by Gasteiger charge is 2.21. The molecule has 0 heterocycles. The van der Waals surface area contributed by atoms with Crippen LogP contribution in [0, 0.1) is 0 Å². The van der Waals surface area contributed by atoms with Crippen molar-refractivity contribution in [3.63, 3.8) is 0 Å². The van der Waals surface area contributed by atoms with Crippen molar-refractivity contribution in [3.05, 3.63) is 0 Å². The van der Waals surface area contributed by atoms with Gasteiger partial charge in [0.15, 0.2) is 0 Å². The molecule has 1 aliphatic rings. The van der Waals surface area contributed by atoms with Gasteiger partial charge in [-0.15, -0.1) is 0 Å². The fourth-order valence-corrected chi connectivity index (χ4v) is 2.17. The van der Waals surface area contributed by atoms with Gasteiger partial charge in [-0.25, -0.2) is 0 Å². The molecule has 0 spiro atoms. The van der Waals surface area contributed by atoms with Crippen LogP contribution in [0.15, 0.2) is 0 Å². The maximum atomic E-state index is 8.92. The Hall–Kier alpha value is -0.120. The summed E-state index contributed by atoms with van der Waals surface area (Å²) in [4.78, 5) is 2.40. The average Bonchev–Trinajstić information content (AvgIpc) is 2.65. The molecule has 0 amide bonds. The molecule has 0 aliphatic heterocycles. The second-order valence-electron chi connectivity index (χ2n) is 3.84. The van der Waals surface area contributed by atoms with Crippen molar-refractivity contribution in [1.29, 1.82) is 0 Å². The van der Waals surface area contributed by atoms with Gasteiger partial charge in [0.05, 0.1) is 6.61 Å². The van der Waals surface area contributed by atoms with Crippen molar-refractivity contribution in [2.75, 3.05) is 26.2 Å². The first-order valence-electron chi connectivity index (χ1n) is 5.43. The van der Waals surface area contributed by atoms with E-state index in [0.717, 1.165) is 32.1 Å². The maximum absolute atomic E-state index is 8.92. The Kier molecular flexibility index (Phi) is 5.35. The Morgan fingerprint density at radius 3 is 2.46 bits per heavy atom. The largest absolute Gasteiger partial charge is 0.395 e. The monoisotopic (exact) mass is 186 g/mol. The quantitative estimate of drug-likeness (QED) is 0.637. The molecule has 0 saturated heterocycles. The maximum Gasteiger partial charge on any atom is 0.0558 e. The van der Waals surface area contributed by atoms with E-state index in [-0.39, 0.29) is 6.61 Å². The van der Waals surface area contributed by atoms with Crippen LogP contribution < -0.4 is 5.73 Å². The van der Waals surface area contributed by atoms with Crippen molar-refractivity contribution in [2.45, 2.75) is 38.1 Å². The van der Waals surface area contributed by atoms with Gasteiger partial charge in [0.25, 0.3) is 0 Å². The minimum absolute atomic E-state index is 0.279. The van der Waals surface area contributed by atoms with Crippen molar-refractivity contribution < 1.29 is 5.11 Å². The average molecular weight is 186 g/mol. The Morgan fingerprint density at radius 1 is 1.23 bits per heavy atom. The molecule has 3 N–H and O–H groups in total. The number of rotatable bonds is 6. The molecular formula is C10H22N2O. The van der Waals surface area contributed by atoms with Crippen LogP contribution in [-0.4, -0.2) is 42.3 Å². The van der Waals surface area contributed by atoms with E-state index in [1.54, 1.807) is 0 Å². The van der Waals surface area contributed by atoms with Crippen LogP contribution in [0.3, 0.4) is 0 Å². The number of nitrogens with two attached hydrogens (primary N) is 1. The zero-order valence-electron chi connectivity index (χ0n) is 8.41. The van der Waals surface area contributed by atoms with Crippen LogP contribution in [0.5, 0.6) is 0 Å². The highest BCUT2D eigenvalue weighted by Crippen LogP contribution is 2.23. The lowest BCUT2D eigenvalue weighted by atomic mass is 10.2. The Labute approximate surface area is 80.9 Å². The van der Waals surface area contributed by atoms with E-state index in [0.29, 0.717) is 0 Å². The van der Waals surface area contributed by atoms with Crippen LogP contribution in [0.2, 0.25) is 0 Å². The van der Waals surface area contributed by atoms with E-state index >= 15 is 0 Å². The highest BCUT2D eigenvalue weighted by molar-refractivity contribution is 4.77. The molecule has 1 saturated carbocycles. The van der Waals surface area contributed by atoms with Gasteiger partial charge in [0.1, 0.15) is 0 Å². The molecule has 1 fully saturated rings. The lowest BCUT2D eigenvalue weighted by molar-refractivity contribution is 0.151. The summed E-state index contributed by atoms with van der Waals surface area (Å²) in [5, 5.41) is 8.92. The summed E-state index contributed by atoms with van der Waals surface area (Å²) in [6.07, 6.45) is 6.39. The van der Waals surface area contributed by atoms with Crippen molar-refractivity contribution >= 4 is 0 Å². The van der Waals surface area contributed by atoms with Crippen LogP contribution in [0.4, 0.5) is 0 Å². The van der Waals surface area contributed by atoms with E-state index in [4.69, 9.17) is 10.8 Å². The van der Waals surface area contributed by atoms with Crippen LogP contribution >= 0.6 is 0 Å². The Balaban J connectivity index is 2.26. The number of hydrogen-bond donors (Lipinski definition) is 2. The molecule has 3 nitrogen and oxygen atoms in total. The predicted octanol–water partition coefficient (Wildman–Crippen LogP) is 0.572. The minimum atomic E-state index is 0.279. The first kappa shape index (κ1) is 11.0. The lowest BCUT2D eigenvalue weighted by Crippen LogP contribution is -2.37. The van der Waals surface area contributed by atoms with Gasteiger partial charge in [0.2, 0.25) is 0 Å². The molecule has 0 aromatic heterocycles. The molecule has 78 valence electrons. The molecule has 0 unspecified atom stereocenters. The SMILES string of the molecule is NCCCN(CCO)C1CCCC1. The third-order valence-corrected chi connectivity index (χ3v) is 2.88. The van der Waals surface area contributed by atoms with Gasteiger partial charge >= 0.3 is 0 Å². The summed E-state index contributed by atoms with van der Waals surface area (Å²) in [6.45, 7) is 2.92. The van der Waals surface area contributed by atoms with Crippen molar-refractivity contribution in [2.24, 2.45) is 5.73 Å². The van der Waals surface area contributed by atoms with Gasteiger partial charge in [-0.05, 0) is 32.4 Å². The summed E-state index contributed by atoms with van der Waals surface area (Å²) in [5.74, 6) is 0. The molecule has 0 atom stereocenters. The van der Waals surface area contributed by atoms with E-state index in [2.05, 4.69) is 4.90 Å². The number of hydrogen-bond acceptors (Lipinski definition) is 3. The van der Waals surface area contributed by atoms with E-state index < -0.39 is 0 Å². The predicted molar refractivity (Wildman–Crippen MR) is 54.6 cm³/mol. The first-order chi connectivity index (χ1) is 6.38. The molecule has 1 rings (SSSR count). The zero-order chi connectivity index (χ0) is 9.52. The highest BCUT2D eigenvalue weighted by atomic mass is 16.3. The molecule has 0 bridgehead atoms. The van der Waals surface area contributed by atoms with Gasteiger partial charge < -0.3 is 10.8 Å². The normalized spacial score (nSPS) is 18.7. The van der Waals surface area contributed by atoms with Crippen LogP contribution in [0.25, 0.3) is 0 Å². The standard InChI is InChI=1S/C10H22N2O/c11-6-3-7-12(8-9-13)10-4-1-2-5-10/h10,13H,1-9,11H2. The third-order valence-electron chi connectivity index (χ3n) is 2.88. The summed E-state index contributed by atoms with van der Waals surface area (Å²) < 4.78 is 0. The number of nitrogens with zero attached hydrogens (tertiary/aromatic N) is 1. The molecular weight excluding hydrogens is 164 g/mol. The van der Waals surface area contributed by atoms with E-state index in [1.165, 1.54) is 25.7 Å². The van der Waals surface area contributed by atoms with Crippen molar-refractivity contribution in [3.8, 4) is 0 Å². The summed E-state index contributed by atoms with van der Waals surface area (Å²) in [6, 6.07) is 0.721. The van der Waals surface area contributed by atoms with Gasteiger partial charge in [-0.2, -0.15) is 0 Å². The lowest BCUT2D eigenvalue weighted by Gasteiger charge is -2.27. The van der Waals surface area contributed by atoms with E-state index in [1.807, 2.05) is 0 Å². The molecule has 3 heteroatoms. The molecule has 13 heavy (non-hydrogen) atoms. The van der Waals surface area contributed by atoms with E-state index in [9.17, 15) is 0 Å². The Bertz CT molecular complexity index is 124. The summed E-state index contributed by atoms with van der Waals surface area (Å²) in [5.41, 5.74) is 5.48. The van der Waals surface area contributed by atoms with Crippen LogP contribution in [0.1, 0.15) is 32.1 Å². The van der Waals surface area contributed by atoms with Gasteiger partial charge in [0, 0.05) is 12.6 Å². The summed E-state index contributed by atoms with van der Waals surface area (Å²) in [7, 11) is 0. The number of aliphatic hydroxyl groups excluding tert-OH is 1. The van der Waals surface area contributed by atoms with Gasteiger partial charge in [-0.3, -0.25) is 4.90 Å². The van der Waals surface area contributed by atoms with Gasteiger partial charge in [-0.1, -0.05) is 12.8 Å². The molecule has 0 radical (unpaired) electrons. The molecule has 0 aromatic carbocycles. The smallest absolute Gasteiger partial charge is 0.0558 e. The molecule has 0 aromatic rings. The zero-order valence-corrected chi connectivity index (χ0v) is 8.41. The van der Waals surface area contributed by atoms with Crippen molar-refractivity contribution in [1.82, 2.24) is 4.90 Å². The topological polar surface area (TPSA) is 49.5 Å². The minimum Gasteiger partial charge on any atom is -0.395 e.